The number of phenolic OH excluding ortho intramolecular Hbond substituents is 1. The third kappa shape index (κ3) is 3.57. The molecule has 0 aromatic heterocycles. The van der Waals surface area contributed by atoms with E-state index >= 15 is 0 Å². The van der Waals surface area contributed by atoms with Crippen LogP contribution in [0.1, 0.15) is 12.5 Å². The summed E-state index contributed by atoms with van der Waals surface area (Å²) in [5.74, 6) is -4.29. The van der Waals surface area contributed by atoms with Gasteiger partial charge in [-0.05, 0) is 36.3 Å². The molecule has 0 fully saturated rings. The molecular weight excluding hydrogens is 316 g/mol. The van der Waals surface area contributed by atoms with E-state index in [0.717, 1.165) is 6.07 Å². The van der Waals surface area contributed by atoms with Crippen molar-refractivity contribution >= 4 is 17.9 Å². The van der Waals surface area contributed by atoms with Crippen LogP contribution in [0.2, 0.25) is 0 Å². The molecule has 5 N–H and O–H groups in total. The lowest BCUT2D eigenvalue weighted by Crippen LogP contribution is -2.24. The van der Waals surface area contributed by atoms with Crippen molar-refractivity contribution in [2.24, 2.45) is 16.5 Å². The predicted molar refractivity (Wildman–Crippen MR) is 87.9 cm³/mol. The number of benzene rings is 2. The standard InChI is InChI=1S/C17H15F2N3O2/c1-9(16(24)22-17(20)21)8-10-4-2-3-5-11(10)12-6-7-13(23)15(19)14(12)18/h2-8,23H,1H3,(H4,20,21,22,24)/b9-8+. The molecule has 0 aliphatic rings. The summed E-state index contributed by atoms with van der Waals surface area (Å²) in [6.07, 6.45) is 1.47. The molecule has 0 unspecified atom stereocenters. The zero-order valence-corrected chi connectivity index (χ0v) is 12.8. The SMILES string of the molecule is C/C(=C\c1ccccc1-c1ccc(O)c(F)c1F)C(=O)N=C(N)N. The molecule has 0 aliphatic carbocycles. The Morgan fingerprint density at radius 1 is 1.08 bits per heavy atom. The highest BCUT2D eigenvalue weighted by Crippen LogP contribution is 2.32. The van der Waals surface area contributed by atoms with Gasteiger partial charge in [-0.3, -0.25) is 4.79 Å². The number of carbonyl (C=O) groups is 1. The number of guanidine groups is 1. The Hall–Kier alpha value is -3.22. The van der Waals surface area contributed by atoms with Crippen molar-refractivity contribution < 1.29 is 18.7 Å². The van der Waals surface area contributed by atoms with E-state index < -0.39 is 23.3 Å². The van der Waals surface area contributed by atoms with Crippen LogP contribution in [-0.2, 0) is 4.79 Å². The average molecular weight is 331 g/mol. The van der Waals surface area contributed by atoms with Crippen LogP contribution in [0.3, 0.4) is 0 Å². The molecule has 0 saturated carbocycles. The predicted octanol–water partition coefficient (Wildman–Crippen LogP) is 2.54. The van der Waals surface area contributed by atoms with Crippen LogP contribution in [0.15, 0.2) is 47.0 Å². The highest BCUT2D eigenvalue weighted by atomic mass is 19.2. The number of amides is 1. The van der Waals surface area contributed by atoms with E-state index in [1.807, 2.05) is 0 Å². The largest absolute Gasteiger partial charge is 0.505 e. The van der Waals surface area contributed by atoms with Crippen LogP contribution in [0.5, 0.6) is 5.75 Å². The third-order valence-corrected chi connectivity index (χ3v) is 3.25. The molecule has 2 aromatic rings. The first-order chi connectivity index (χ1) is 11.3. The maximum atomic E-state index is 14.1. The van der Waals surface area contributed by atoms with Gasteiger partial charge in [0.1, 0.15) is 0 Å². The quantitative estimate of drug-likeness (QED) is 0.457. The Morgan fingerprint density at radius 3 is 2.42 bits per heavy atom. The third-order valence-electron chi connectivity index (χ3n) is 3.25. The second-order valence-electron chi connectivity index (χ2n) is 5.02. The summed E-state index contributed by atoms with van der Waals surface area (Å²) in [6, 6.07) is 8.84. The Morgan fingerprint density at radius 2 is 1.75 bits per heavy atom. The second-order valence-corrected chi connectivity index (χ2v) is 5.02. The van der Waals surface area contributed by atoms with Gasteiger partial charge in [-0.1, -0.05) is 24.3 Å². The van der Waals surface area contributed by atoms with Gasteiger partial charge in [0.05, 0.1) is 0 Å². The molecule has 0 radical (unpaired) electrons. The molecule has 2 aromatic carbocycles. The molecule has 0 spiro atoms. The van der Waals surface area contributed by atoms with E-state index in [9.17, 15) is 18.7 Å². The maximum Gasteiger partial charge on any atom is 0.275 e. The van der Waals surface area contributed by atoms with Gasteiger partial charge >= 0.3 is 0 Å². The molecule has 0 atom stereocenters. The number of hydrogen-bond donors (Lipinski definition) is 3. The fourth-order valence-electron chi connectivity index (χ4n) is 2.12. The van der Waals surface area contributed by atoms with Gasteiger partial charge in [0.25, 0.3) is 5.91 Å². The second kappa shape index (κ2) is 6.91. The summed E-state index contributed by atoms with van der Waals surface area (Å²) in [6.45, 7) is 1.50. The van der Waals surface area contributed by atoms with Crippen molar-refractivity contribution in [3.05, 3.63) is 59.2 Å². The molecule has 0 saturated heterocycles. The summed E-state index contributed by atoms with van der Waals surface area (Å²) in [5.41, 5.74) is 11.3. The number of carbonyl (C=O) groups excluding carboxylic acids is 1. The number of hydrogen-bond acceptors (Lipinski definition) is 2. The van der Waals surface area contributed by atoms with Crippen molar-refractivity contribution in [2.45, 2.75) is 6.92 Å². The minimum atomic E-state index is -1.33. The monoisotopic (exact) mass is 331 g/mol. The molecule has 5 nitrogen and oxygen atoms in total. The highest BCUT2D eigenvalue weighted by Gasteiger charge is 2.16. The van der Waals surface area contributed by atoms with Crippen LogP contribution in [0.25, 0.3) is 17.2 Å². The number of nitrogens with two attached hydrogens (primary N) is 2. The molecule has 24 heavy (non-hydrogen) atoms. The summed E-state index contributed by atoms with van der Waals surface area (Å²) >= 11 is 0. The first-order valence-corrected chi connectivity index (χ1v) is 6.90. The summed E-state index contributed by atoms with van der Waals surface area (Å²) in [5, 5.41) is 9.23. The topological polar surface area (TPSA) is 102 Å². The zero-order chi connectivity index (χ0) is 17.9. The normalized spacial score (nSPS) is 11.2. The molecule has 0 heterocycles. The van der Waals surface area contributed by atoms with E-state index in [2.05, 4.69) is 4.99 Å². The molecule has 7 heteroatoms. The van der Waals surface area contributed by atoms with Crippen LogP contribution in [0.4, 0.5) is 8.78 Å². The molecule has 124 valence electrons. The van der Waals surface area contributed by atoms with Gasteiger partial charge in [0.2, 0.25) is 5.82 Å². The van der Waals surface area contributed by atoms with E-state index in [1.54, 1.807) is 24.3 Å². The van der Waals surface area contributed by atoms with Crippen LogP contribution >= 0.6 is 0 Å². The summed E-state index contributed by atoms with van der Waals surface area (Å²) < 4.78 is 27.7. The fourth-order valence-corrected chi connectivity index (χ4v) is 2.12. The number of halogens is 2. The Balaban J connectivity index is 2.55. The molecule has 0 aliphatic heterocycles. The molecule has 1 amide bonds. The Bertz CT molecular complexity index is 857. The zero-order valence-electron chi connectivity index (χ0n) is 12.8. The van der Waals surface area contributed by atoms with Gasteiger partial charge in [0.15, 0.2) is 17.5 Å². The van der Waals surface area contributed by atoms with Crippen molar-refractivity contribution in [1.82, 2.24) is 0 Å². The van der Waals surface area contributed by atoms with Crippen molar-refractivity contribution in [2.75, 3.05) is 0 Å². The van der Waals surface area contributed by atoms with Crippen LogP contribution < -0.4 is 11.5 Å². The lowest BCUT2D eigenvalue weighted by atomic mass is 9.97. The number of rotatable bonds is 3. The lowest BCUT2D eigenvalue weighted by Gasteiger charge is -2.09. The molecular formula is C17H15F2N3O2. The summed E-state index contributed by atoms with van der Waals surface area (Å²) in [4.78, 5) is 15.2. The molecule has 2 rings (SSSR count). The number of aromatic hydroxyl groups is 1. The van der Waals surface area contributed by atoms with Crippen LogP contribution in [-0.4, -0.2) is 17.0 Å². The van der Waals surface area contributed by atoms with Gasteiger partial charge in [-0.2, -0.15) is 9.38 Å². The number of phenols is 1. The number of aliphatic imine (C=N–C) groups is 1. The van der Waals surface area contributed by atoms with Gasteiger partial charge in [0, 0.05) is 11.1 Å². The van der Waals surface area contributed by atoms with Gasteiger partial charge < -0.3 is 16.6 Å². The fraction of sp³-hybridized carbons (Fsp3) is 0.0588. The number of nitrogens with zero attached hydrogens (tertiary/aromatic N) is 1. The van der Waals surface area contributed by atoms with E-state index in [1.165, 1.54) is 19.1 Å². The Kier molecular flexibility index (Phi) is 4.93. The van der Waals surface area contributed by atoms with Crippen molar-refractivity contribution in [3.8, 4) is 16.9 Å². The maximum absolute atomic E-state index is 14.1. The smallest absolute Gasteiger partial charge is 0.275 e. The summed E-state index contributed by atoms with van der Waals surface area (Å²) in [7, 11) is 0. The first-order valence-electron chi connectivity index (χ1n) is 6.90. The Labute approximate surface area is 136 Å². The van der Waals surface area contributed by atoms with E-state index in [4.69, 9.17) is 11.5 Å². The van der Waals surface area contributed by atoms with Crippen molar-refractivity contribution in [3.63, 3.8) is 0 Å². The first kappa shape index (κ1) is 17.1. The van der Waals surface area contributed by atoms with E-state index in [0.29, 0.717) is 11.1 Å². The highest BCUT2D eigenvalue weighted by molar-refractivity contribution is 6.04. The van der Waals surface area contributed by atoms with Gasteiger partial charge in [-0.25, -0.2) is 4.39 Å². The van der Waals surface area contributed by atoms with E-state index in [-0.39, 0.29) is 17.1 Å². The van der Waals surface area contributed by atoms with Gasteiger partial charge in [-0.15, -0.1) is 0 Å². The molecule has 0 bridgehead atoms. The minimum absolute atomic E-state index is 0.0424. The van der Waals surface area contributed by atoms with Crippen molar-refractivity contribution in [1.29, 1.82) is 0 Å². The lowest BCUT2D eigenvalue weighted by molar-refractivity contribution is -0.114. The minimum Gasteiger partial charge on any atom is -0.505 e. The van der Waals surface area contributed by atoms with Crippen LogP contribution in [0, 0.1) is 11.6 Å². The average Bonchev–Trinajstić information content (AvgIpc) is 2.53.